The normalized spacial score (nSPS) is 25.2. The number of unbranched alkanes of at least 4 members (excludes halogenated alkanes) is 11. The summed E-state index contributed by atoms with van der Waals surface area (Å²) in [7, 11) is 1.46. The van der Waals surface area contributed by atoms with Crippen LogP contribution in [0.3, 0.4) is 0 Å². The lowest BCUT2D eigenvalue weighted by molar-refractivity contribution is -0.358. The molecule has 1 aromatic carbocycles. The van der Waals surface area contributed by atoms with Gasteiger partial charge in [-0.05, 0) is 31.1 Å². The van der Waals surface area contributed by atoms with Crippen LogP contribution in [-0.2, 0) is 28.5 Å². The Balaban J connectivity index is 1.28. The first-order valence-corrected chi connectivity index (χ1v) is 15.5. The summed E-state index contributed by atoms with van der Waals surface area (Å²) in [6.45, 7) is 2.48. The molecule has 7 nitrogen and oxygen atoms in total. The molecule has 0 bridgehead atoms. The van der Waals surface area contributed by atoms with Gasteiger partial charge in [0.15, 0.2) is 18.7 Å². The van der Waals surface area contributed by atoms with Crippen molar-refractivity contribution in [1.29, 1.82) is 0 Å². The van der Waals surface area contributed by atoms with Gasteiger partial charge in [-0.1, -0.05) is 100 Å². The maximum Gasteiger partial charge on any atom is 0.306 e. The number of methoxy groups -OCH3 is 1. The maximum atomic E-state index is 12.6. The Morgan fingerprint density at radius 2 is 1.54 bits per heavy atom. The molecule has 0 spiro atoms. The van der Waals surface area contributed by atoms with Crippen LogP contribution in [0.15, 0.2) is 30.3 Å². The van der Waals surface area contributed by atoms with Crippen molar-refractivity contribution >= 4 is 5.97 Å². The summed E-state index contributed by atoms with van der Waals surface area (Å²) in [5, 5.41) is 11.1. The summed E-state index contributed by atoms with van der Waals surface area (Å²) in [5.41, 5.74) is 0.846. The van der Waals surface area contributed by atoms with Gasteiger partial charge in [0.05, 0.1) is 6.61 Å². The van der Waals surface area contributed by atoms with Crippen molar-refractivity contribution in [3.63, 3.8) is 0 Å². The predicted molar refractivity (Wildman–Crippen MR) is 157 cm³/mol. The lowest BCUT2D eigenvalue weighted by Gasteiger charge is -2.46. The molecule has 1 N–H and O–H groups in total. The second kappa shape index (κ2) is 19.7. The molecule has 2 heterocycles. The van der Waals surface area contributed by atoms with Crippen LogP contribution < -0.4 is 0 Å². The molecule has 0 aliphatic carbocycles. The Labute approximate surface area is 246 Å². The summed E-state index contributed by atoms with van der Waals surface area (Å²) in [6, 6.07) is 9.51. The topological polar surface area (TPSA) is 83.5 Å². The molecule has 0 aromatic heterocycles. The number of hydrogen-bond donors (Lipinski definition) is 1. The van der Waals surface area contributed by atoms with Crippen molar-refractivity contribution in [2.75, 3.05) is 13.7 Å². The van der Waals surface area contributed by atoms with Gasteiger partial charge in [0.25, 0.3) is 0 Å². The minimum Gasteiger partial charge on any atom is -0.454 e. The van der Waals surface area contributed by atoms with Crippen molar-refractivity contribution in [2.45, 2.75) is 134 Å². The van der Waals surface area contributed by atoms with E-state index >= 15 is 0 Å². The highest BCUT2D eigenvalue weighted by atomic mass is 16.8. The van der Waals surface area contributed by atoms with Gasteiger partial charge >= 0.3 is 5.97 Å². The first-order chi connectivity index (χ1) is 20.1. The number of rotatable bonds is 16. The van der Waals surface area contributed by atoms with Gasteiger partial charge in [-0.15, -0.1) is 0 Å². The fourth-order valence-corrected chi connectivity index (χ4v) is 5.09. The molecule has 7 heteroatoms. The summed E-state index contributed by atoms with van der Waals surface area (Å²) in [5.74, 6) is 11.8. The summed E-state index contributed by atoms with van der Waals surface area (Å²) < 4.78 is 28.7. The average Bonchev–Trinajstić information content (AvgIpc) is 3.00. The van der Waals surface area contributed by atoms with Crippen LogP contribution in [0, 0.1) is 23.7 Å². The number of carbonyl (C=O) groups is 1. The Kier molecular flexibility index (Phi) is 15.9. The fraction of sp³-hybridized carbons (Fsp3) is 0.676. The fourth-order valence-electron chi connectivity index (χ4n) is 5.09. The molecule has 41 heavy (non-hydrogen) atoms. The van der Waals surface area contributed by atoms with Gasteiger partial charge in [0.1, 0.15) is 18.3 Å². The first kappa shape index (κ1) is 33.1. The zero-order chi connectivity index (χ0) is 29.1. The number of aliphatic hydroxyl groups is 1. The summed E-state index contributed by atoms with van der Waals surface area (Å²) >= 11 is 0. The zero-order valence-electron chi connectivity index (χ0n) is 24.9. The molecule has 2 saturated heterocycles. The molecule has 3 rings (SSSR count). The van der Waals surface area contributed by atoms with Gasteiger partial charge < -0.3 is 28.8 Å². The third-order valence-corrected chi connectivity index (χ3v) is 7.46. The second-order valence-corrected chi connectivity index (χ2v) is 10.8. The molecule has 1 unspecified atom stereocenters. The van der Waals surface area contributed by atoms with Crippen molar-refractivity contribution in [2.24, 2.45) is 0 Å². The number of benzene rings is 1. The van der Waals surface area contributed by atoms with E-state index in [1.807, 2.05) is 30.3 Å². The SMILES string of the molecule is CCCCCCCCCC#CC#CCCCCCCC(=O)O[C@H]1[C@@H](OC)O[C@@H]2COC(c3ccccc3)O[C@H]2[C@@H]1O. The van der Waals surface area contributed by atoms with Crippen LogP contribution in [0.1, 0.15) is 109 Å². The van der Waals surface area contributed by atoms with Crippen LogP contribution in [-0.4, -0.2) is 55.5 Å². The number of aliphatic hydroxyl groups excluding tert-OH is 1. The number of carbonyl (C=O) groups excluding carboxylic acids is 1. The van der Waals surface area contributed by atoms with Gasteiger partial charge in [-0.2, -0.15) is 0 Å². The number of ether oxygens (including phenoxy) is 5. The van der Waals surface area contributed by atoms with Crippen molar-refractivity contribution in [3.05, 3.63) is 35.9 Å². The van der Waals surface area contributed by atoms with Gasteiger partial charge in [-0.25, -0.2) is 0 Å². The summed E-state index contributed by atoms with van der Waals surface area (Å²) in [6.07, 6.45) is 9.85. The Morgan fingerprint density at radius 3 is 2.20 bits per heavy atom. The zero-order valence-corrected chi connectivity index (χ0v) is 24.9. The van der Waals surface area contributed by atoms with E-state index in [4.69, 9.17) is 23.7 Å². The number of fused-ring (bicyclic) bond motifs is 1. The molecule has 226 valence electrons. The lowest BCUT2D eigenvalue weighted by Crippen LogP contribution is -2.63. The van der Waals surface area contributed by atoms with E-state index in [9.17, 15) is 9.90 Å². The predicted octanol–water partition coefficient (Wildman–Crippen LogP) is 6.23. The molecular weight excluding hydrogens is 520 g/mol. The highest BCUT2D eigenvalue weighted by molar-refractivity contribution is 5.69. The lowest BCUT2D eigenvalue weighted by atomic mass is 9.97. The largest absolute Gasteiger partial charge is 0.454 e. The van der Waals surface area contributed by atoms with Crippen molar-refractivity contribution in [3.8, 4) is 23.7 Å². The van der Waals surface area contributed by atoms with Gasteiger partial charge in [-0.3, -0.25) is 4.79 Å². The molecule has 0 amide bonds. The van der Waals surface area contributed by atoms with E-state index in [1.165, 1.54) is 52.1 Å². The highest BCUT2D eigenvalue weighted by Gasteiger charge is 2.51. The number of esters is 1. The monoisotopic (exact) mass is 568 g/mol. The summed E-state index contributed by atoms with van der Waals surface area (Å²) in [4.78, 5) is 12.6. The third-order valence-electron chi connectivity index (χ3n) is 7.46. The first-order valence-electron chi connectivity index (χ1n) is 15.5. The molecule has 1 aromatic rings. The highest BCUT2D eigenvalue weighted by Crippen LogP contribution is 2.35. The van der Waals surface area contributed by atoms with E-state index in [0.29, 0.717) is 6.42 Å². The van der Waals surface area contributed by atoms with Crippen LogP contribution in [0.5, 0.6) is 0 Å². The quantitative estimate of drug-likeness (QED) is 0.144. The third kappa shape index (κ3) is 11.8. The number of hydrogen-bond acceptors (Lipinski definition) is 7. The van der Waals surface area contributed by atoms with Crippen molar-refractivity contribution in [1.82, 2.24) is 0 Å². The van der Waals surface area contributed by atoms with E-state index in [-0.39, 0.29) is 19.0 Å². The minimum absolute atomic E-state index is 0.234. The molecule has 2 fully saturated rings. The van der Waals surface area contributed by atoms with E-state index in [2.05, 4.69) is 30.6 Å². The van der Waals surface area contributed by atoms with E-state index in [0.717, 1.165) is 37.7 Å². The Bertz CT molecular complexity index is 989. The second-order valence-electron chi connectivity index (χ2n) is 10.8. The molecular formula is C34H48O7. The Morgan fingerprint density at radius 1 is 0.902 bits per heavy atom. The smallest absolute Gasteiger partial charge is 0.306 e. The standard InChI is InChI=1S/C34H48O7/c1-3-4-5-6-7-8-9-10-11-12-13-14-15-16-17-18-22-25-29(35)40-32-30(36)31-28(39-34(32)37-2)26-38-33(41-31)27-23-20-19-21-24-27/h19-21,23-24,28,30-34,36H,3-10,15-18,22,25-26H2,1-2H3/t28-,30+,31-,32-,33?,34+/m1/s1. The molecule has 2 aliphatic heterocycles. The average molecular weight is 569 g/mol. The van der Waals surface area contributed by atoms with Crippen LogP contribution >= 0.6 is 0 Å². The van der Waals surface area contributed by atoms with Crippen LogP contribution in [0.2, 0.25) is 0 Å². The van der Waals surface area contributed by atoms with Gasteiger partial charge in [0.2, 0.25) is 0 Å². The van der Waals surface area contributed by atoms with Crippen molar-refractivity contribution < 1.29 is 33.6 Å². The van der Waals surface area contributed by atoms with Crippen LogP contribution in [0.25, 0.3) is 0 Å². The Hall–Kier alpha value is -2.39. The molecule has 0 saturated carbocycles. The molecule has 2 aliphatic rings. The van der Waals surface area contributed by atoms with Crippen LogP contribution in [0.4, 0.5) is 0 Å². The van der Waals surface area contributed by atoms with E-state index < -0.39 is 37.0 Å². The molecule has 0 radical (unpaired) electrons. The van der Waals surface area contributed by atoms with E-state index in [1.54, 1.807) is 0 Å². The molecule has 6 atom stereocenters. The minimum atomic E-state index is -1.10. The van der Waals surface area contributed by atoms with Gasteiger partial charge in [0, 0.05) is 31.9 Å². The maximum absolute atomic E-state index is 12.6.